The van der Waals surface area contributed by atoms with E-state index in [1.165, 1.54) is 25.7 Å². The molecule has 2 amide bonds. The Morgan fingerprint density at radius 2 is 1.88 bits per heavy atom. The Hall–Kier alpha value is -2.04. The van der Waals surface area contributed by atoms with E-state index < -0.39 is 0 Å². The number of fused-ring (bicyclic) bond motifs is 1. The number of nitrogens with two attached hydrogens (primary N) is 1. The summed E-state index contributed by atoms with van der Waals surface area (Å²) in [5.74, 6) is 1.62. The summed E-state index contributed by atoms with van der Waals surface area (Å²) < 4.78 is 5.69. The number of amides is 2. The molecule has 0 bridgehead atoms. The second-order valence-corrected chi connectivity index (χ2v) is 7.46. The van der Waals surface area contributed by atoms with E-state index in [2.05, 4.69) is 11.8 Å². The van der Waals surface area contributed by atoms with E-state index >= 15 is 0 Å². The highest BCUT2D eigenvalue weighted by Crippen LogP contribution is 2.38. The highest BCUT2D eigenvalue weighted by molar-refractivity contribution is 5.78. The topological polar surface area (TPSA) is 72.6 Å². The Balaban J connectivity index is 1.57. The number of carbonyl (C=O) groups is 2. The monoisotopic (exact) mass is 344 g/mol. The number of piperidine rings is 1. The molecule has 3 rings (SSSR count). The van der Waals surface area contributed by atoms with E-state index in [0.717, 1.165) is 18.5 Å². The Morgan fingerprint density at radius 3 is 2.60 bits per heavy atom. The van der Waals surface area contributed by atoms with Crippen molar-refractivity contribution in [3.05, 3.63) is 29.8 Å². The predicted octanol–water partition coefficient (Wildman–Crippen LogP) is 2.52. The minimum absolute atomic E-state index is 0.0745. The molecule has 0 unspecified atom stereocenters. The van der Waals surface area contributed by atoms with Gasteiger partial charge in [0.15, 0.2) is 6.61 Å². The first-order chi connectivity index (χ1) is 12.0. The van der Waals surface area contributed by atoms with Crippen LogP contribution in [0.5, 0.6) is 5.75 Å². The van der Waals surface area contributed by atoms with Crippen molar-refractivity contribution >= 4 is 11.8 Å². The Bertz CT molecular complexity index is 612. The van der Waals surface area contributed by atoms with Crippen LogP contribution < -0.4 is 10.5 Å². The summed E-state index contributed by atoms with van der Waals surface area (Å²) in [6.45, 7) is 3.21. The van der Waals surface area contributed by atoms with Gasteiger partial charge in [-0.1, -0.05) is 25.5 Å². The summed E-state index contributed by atoms with van der Waals surface area (Å²) in [5, 5.41) is 0. The van der Waals surface area contributed by atoms with Crippen molar-refractivity contribution in [2.75, 3.05) is 13.2 Å². The number of hydrogen-bond acceptors (Lipinski definition) is 3. The number of carbonyl (C=O) groups excluding carboxylic acids is 2. The fourth-order valence-corrected chi connectivity index (χ4v) is 4.48. The molecule has 1 aromatic carbocycles. The molecule has 2 N–H and O–H groups in total. The number of benzene rings is 1. The normalized spacial score (nSPS) is 26.0. The molecular weight excluding hydrogens is 316 g/mol. The number of ether oxygens (including phenoxy) is 1. The highest BCUT2D eigenvalue weighted by Gasteiger charge is 2.39. The third-order valence-electron chi connectivity index (χ3n) is 5.62. The Morgan fingerprint density at radius 1 is 1.16 bits per heavy atom. The molecule has 1 saturated carbocycles. The molecule has 5 heteroatoms. The number of hydrogen-bond donors (Lipinski definition) is 1. The SMILES string of the molecule is C[C@@H]1CCC[C@@H]2CCCN(C(=O)COc3ccc(CC(N)=O)cc3)[C@@H]21. The zero-order chi connectivity index (χ0) is 17.8. The molecule has 0 radical (unpaired) electrons. The number of primary amides is 1. The van der Waals surface area contributed by atoms with Crippen LogP contribution >= 0.6 is 0 Å². The zero-order valence-electron chi connectivity index (χ0n) is 14.9. The van der Waals surface area contributed by atoms with Gasteiger partial charge in [-0.15, -0.1) is 0 Å². The van der Waals surface area contributed by atoms with E-state index in [1.54, 1.807) is 12.1 Å². The van der Waals surface area contributed by atoms with Gasteiger partial charge in [0.2, 0.25) is 5.91 Å². The van der Waals surface area contributed by atoms with Gasteiger partial charge in [0.05, 0.1) is 6.42 Å². The van der Waals surface area contributed by atoms with Crippen LogP contribution in [0.1, 0.15) is 44.6 Å². The maximum Gasteiger partial charge on any atom is 0.260 e. The number of nitrogens with zero attached hydrogens (tertiary/aromatic N) is 1. The fraction of sp³-hybridized carbons (Fsp3) is 0.600. The van der Waals surface area contributed by atoms with Crippen molar-refractivity contribution < 1.29 is 14.3 Å². The standard InChI is InChI=1S/C20H28N2O3/c1-14-4-2-5-16-6-3-11-22(20(14)16)19(24)13-25-17-9-7-15(8-10-17)12-18(21)23/h7-10,14,16,20H,2-6,11-13H2,1H3,(H2,21,23)/t14-,16-,20-/m1/s1. The van der Waals surface area contributed by atoms with Gasteiger partial charge < -0.3 is 15.4 Å². The van der Waals surface area contributed by atoms with E-state index in [9.17, 15) is 9.59 Å². The second kappa shape index (κ2) is 7.89. The van der Waals surface area contributed by atoms with E-state index in [-0.39, 0.29) is 24.8 Å². The molecule has 1 aliphatic carbocycles. The van der Waals surface area contributed by atoms with Crippen LogP contribution in [0.25, 0.3) is 0 Å². The van der Waals surface area contributed by atoms with Crippen molar-refractivity contribution in [2.24, 2.45) is 17.6 Å². The molecule has 2 aliphatic rings. The van der Waals surface area contributed by atoms with Crippen LogP contribution in [0.2, 0.25) is 0 Å². The fourth-order valence-electron chi connectivity index (χ4n) is 4.48. The molecule has 3 atom stereocenters. The average molecular weight is 344 g/mol. The number of likely N-dealkylation sites (tertiary alicyclic amines) is 1. The molecule has 0 aromatic heterocycles. The lowest BCUT2D eigenvalue weighted by molar-refractivity contribution is -0.141. The van der Waals surface area contributed by atoms with Gasteiger partial charge in [0.25, 0.3) is 5.91 Å². The van der Waals surface area contributed by atoms with Crippen LogP contribution in [-0.4, -0.2) is 35.9 Å². The molecule has 5 nitrogen and oxygen atoms in total. The minimum Gasteiger partial charge on any atom is -0.484 e. The van der Waals surface area contributed by atoms with Crippen molar-refractivity contribution in [3.63, 3.8) is 0 Å². The van der Waals surface area contributed by atoms with Crippen molar-refractivity contribution in [1.82, 2.24) is 4.90 Å². The molecule has 1 heterocycles. The van der Waals surface area contributed by atoms with E-state index in [0.29, 0.717) is 23.6 Å². The summed E-state index contributed by atoms with van der Waals surface area (Å²) in [4.78, 5) is 25.7. The summed E-state index contributed by atoms with van der Waals surface area (Å²) in [6, 6.07) is 7.58. The molecule has 136 valence electrons. The van der Waals surface area contributed by atoms with E-state index in [1.807, 2.05) is 12.1 Å². The first-order valence-electron chi connectivity index (χ1n) is 9.34. The first-order valence-corrected chi connectivity index (χ1v) is 9.34. The lowest BCUT2D eigenvalue weighted by Crippen LogP contribution is -2.54. The average Bonchev–Trinajstić information content (AvgIpc) is 2.60. The molecule has 0 spiro atoms. The quantitative estimate of drug-likeness (QED) is 0.892. The predicted molar refractivity (Wildman–Crippen MR) is 96.1 cm³/mol. The number of rotatable bonds is 5. The summed E-state index contributed by atoms with van der Waals surface area (Å²) in [6.07, 6.45) is 6.32. The van der Waals surface area contributed by atoms with Crippen LogP contribution in [0.15, 0.2) is 24.3 Å². The molecule has 25 heavy (non-hydrogen) atoms. The zero-order valence-corrected chi connectivity index (χ0v) is 14.9. The third-order valence-corrected chi connectivity index (χ3v) is 5.62. The van der Waals surface area contributed by atoms with E-state index in [4.69, 9.17) is 10.5 Å². The lowest BCUT2D eigenvalue weighted by atomic mass is 9.73. The molecule has 2 fully saturated rings. The molecule has 1 saturated heterocycles. The summed E-state index contributed by atoms with van der Waals surface area (Å²) >= 11 is 0. The molecule has 1 aromatic rings. The van der Waals surface area contributed by atoms with Gasteiger partial charge in [0, 0.05) is 12.6 Å². The Kier molecular flexibility index (Phi) is 5.61. The maximum absolute atomic E-state index is 12.7. The summed E-state index contributed by atoms with van der Waals surface area (Å²) in [5.41, 5.74) is 6.04. The largest absolute Gasteiger partial charge is 0.484 e. The second-order valence-electron chi connectivity index (χ2n) is 7.46. The Labute approximate surface area is 149 Å². The van der Waals surface area contributed by atoms with Gasteiger partial charge in [0.1, 0.15) is 5.75 Å². The minimum atomic E-state index is -0.356. The molecular formula is C20H28N2O3. The van der Waals surface area contributed by atoms with Gasteiger partial charge >= 0.3 is 0 Å². The van der Waals surface area contributed by atoms with Crippen LogP contribution in [-0.2, 0) is 16.0 Å². The highest BCUT2D eigenvalue weighted by atomic mass is 16.5. The van der Waals surface area contributed by atoms with Gasteiger partial charge in [-0.05, 0) is 55.2 Å². The smallest absolute Gasteiger partial charge is 0.260 e. The van der Waals surface area contributed by atoms with Gasteiger partial charge in [-0.25, -0.2) is 0 Å². The molecule has 1 aliphatic heterocycles. The van der Waals surface area contributed by atoms with Crippen molar-refractivity contribution in [1.29, 1.82) is 0 Å². The maximum atomic E-state index is 12.7. The van der Waals surface area contributed by atoms with Crippen molar-refractivity contribution in [2.45, 2.75) is 51.5 Å². The third kappa shape index (κ3) is 4.33. The first kappa shape index (κ1) is 17.8. The summed E-state index contributed by atoms with van der Waals surface area (Å²) in [7, 11) is 0. The van der Waals surface area contributed by atoms with Crippen LogP contribution in [0, 0.1) is 11.8 Å². The van der Waals surface area contributed by atoms with Gasteiger partial charge in [-0.3, -0.25) is 9.59 Å². The van der Waals surface area contributed by atoms with Crippen LogP contribution in [0.3, 0.4) is 0 Å². The lowest BCUT2D eigenvalue weighted by Gasteiger charge is -2.47. The van der Waals surface area contributed by atoms with Crippen LogP contribution in [0.4, 0.5) is 0 Å². The van der Waals surface area contributed by atoms with Crippen molar-refractivity contribution in [3.8, 4) is 5.75 Å². The van der Waals surface area contributed by atoms with Gasteiger partial charge in [-0.2, -0.15) is 0 Å².